The van der Waals surface area contributed by atoms with Gasteiger partial charge in [0.05, 0.1) is 18.4 Å². The van der Waals surface area contributed by atoms with Crippen LogP contribution in [0.3, 0.4) is 0 Å². The number of carboxylic acid groups (broad SMARTS) is 1. The van der Waals surface area contributed by atoms with Gasteiger partial charge in [-0.1, -0.05) is 30.3 Å². The van der Waals surface area contributed by atoms with E-state index in [-0.39, 0.29) is 6.54 Å². The van der Waals surface area contributed by atoms with Crippen molar-refractivity contribution in [2.75, 3.05) is 19.6 Å². The number of hydrogen-bond acceptors (Lipinski definition) is 4. The molecule has 0 spiro atoms. The van der Waals surface area contributed by atoms with Gasteiger partial charge in [0, 0.05) is 19.6 Å². The summed E-state index contributed by atoms with van der Waals surface area (Å²) in [6.07, 6.45) is -4.67. The number of carbonyl (C=O) groups excluding carboxylic acids is 2. The maximum absolute atomic E-state index is 12.9. The first-order chi connectivity index (χ1) is 12.2. The van der Waals surface area contributed by atoms with E-state index in [9.17, 15) is 27.6 Å². The van der Waals surface area contributed by atoms with Crippen molar-refractivity contribution in [3.05, 3.63) is 35.9 Å². The monoisotopic (exact) mass is 373 g/mol. The number of amides is 3. The number of nitrogens with zero attached hydrogens (tertiary/aromatic N) is 1. The molecule has 1 heterocycles. The van der Waals surface area contributed by atoms with Crippen LogP contribution >= 0.6 is 0 Å². The van der Waals surface area contributed by atoms with Crippen LogP contribution in [0.5, 0.6) is 0 Å². The Morgan fingerprint density at radius 2 is 1.81 bits per heavy atom. The minimum absolute atomic E-state index is 0.181. The molecule has 26 heavy (non-hydrogen) atoms. The SMILES string of the molecule is O=C(CN1C[C@@H](C(F)(F)F)[C@H](C(=O)O)C1)NC(=O)NCc1ccccc1. The lowest BCUT2D eigenvalue weighted by molar-refractivity contribution is -0.188. The zero-order valence-electron chi connectivity index (χ0n) is 13.6. The lowest BCUT2D eigenvalue weighted by atomic mass is 9.96. The van der Waals surface area contributed by atoms with Crippen molar-refractivity contribution >= 4 is 17.9 Å². The summed E-state index contributed by atoms with van der Waals surface area (Å²) in [5.41, 5.74) is 0.812. The van der Waals surface area contributed by atoms with E-state index in [4.69, 9.17) is 5.11 Å². The summed E-state index contributed by atoms with van der Waals surface area (Å²) in [5.74, 6) is -6.03. The maximum Gasteiger partial charge on any atom is 0.393 e. The molecule has 10 heteroatoms. The van der Waals surface area contributed by atoms with Crippen molar-refractivity contribution in [3.63, 3.8) is 0 Å². The number of rotatable bonds is 5. The zero-order valence-corrected chi connectivity index (χ0v) is 13.6. The fourth-order valence-electron chi connectivity index (χ4n) is 2.79. The van der Waals surface area contributed by atoms with Crippen LogP contribution in [0.4, 0.5) is 18.0 Å². The highest BCUT2D eigenvalue weighted by atomic mass is 19.4. The molecule has 0 bridgehead atoms. The average Bonchev–Trinajstić information content (AvgIpc) is 2.98. The minimum atomic E-state index is -4.67. The molecule has 3 amide bonds. The normalized spacial score (nSPS) is 20.6. The fourth-order valence-corrected chi connectivity index (χ4v) is 2.79. The Morgan fingerprint density at radius 1 is 1.15 bits per heavy atom. The van der Waals surface area contributed by atoms with Crippen LogP contribution < -0.4 is 10.6 Å². The smallest absolute Gasteiger partial charge is 0.393 e. The van der Waals surface area contributed by atoms with E-state index in [1.807, 2.05) is 11.4 Å². The summed E-state index contributed by atoms with van der Waals surface area (Å²) < 4.78 is 38.7. The Kier molecular flexibility index (Phi) is 6.19. The molecular formula is C16H18F3N3O4. The summed E-state index contributed by atoms with van der Waals surface area (Å²) in [5, 5.41) is 13.4. The topological polar surface area (TPSA) is 98.7 Å². The van der Waals surface area contributed by atoms with Crippen LogP contribution in [0.1, 0.15) is 5.56 Å². The second kappa shape index (κ2) is 8.17. The number of imide groups is 1. The minimum Gasteiger partial charge on any atom is -0.481 e. The van der Waals surface area contributed by atoms with E-state index in [0.29, 0.717) is 0 Å². The lowest BCUT2D eigenvalue weighted by Crippen LogP contribution is -2.44. The summed E-state index contributed by atoms with van der Waals surface area (Å²) in [4.78, 5) is 35.5. The Bertz CT molecular complexity index is 666. The largest absolute Gasteiger partial charge is 0.481 e. The van der Waals surface area contributed by atoms with E-state index < -0.39 is 55.6 Å². The molecule has 142 valence electrons. The summed E-state index contributed by atoms with van der Waals surface area (Å²) in [6.45, 7) is -1.31. The number of carbonyl (C=O) groups is 3. The molecule has 1 fully saturated rings. The third-order valence-electron chi connectivity index (χ3n) is 4.05. The van der Waals surface area contributed by atoms with Crippen molar-refractivity contribution in [3.8, 4) is 0 Å². The van der Waals surface area contributed by atoms with Gasteiger partial charge in [0.2, 0.25) is 5.91 Å². The van der Waals surface area contributed by atoms with E-state index in [1.54, 1.807) is 24.3 Å². The Morgan fingerprint density at radius 3 is 2.35 bits per heavy atom. The number of halogens is 3. The molecule has 0 aliphatic carbocycles. The highest BCUT2D eigenvalue weighted by molar-refractivity contribution is 5.95. The van der Waals surface area contributed by atoms with Crippen LogP contribution in [0.2, 0.25) is 0 Å². The van der Waals surface area contributed by atoms with Crippen LogP contribution in [-0.4, -0.2) is 53.7 Å². The number of benzene rings is 1. The number of nitrogens with one attached hydrogen (secondary N) is 2. The molecule has 1 aromatic carbocycles. The van der Waals surface area contributed by atoms with Crippen LogP contribution in [0, 0.1) is 11.8 Å². The number of aliphatic carboxylic acids is 1. The standard InChI is InChI=1S/C16H18F3N3O4/c17-16(18,19)12-8-22(7-11(12)14(24)25)9-13(23)21-15(26)20-6-10-4-2-1-3-5-10/h1-5,11-12H,6-9H2,(H,24,25)(H2,20,21,23,26)/t11-,12-/m1/s1. The molecular weight excluding hydrogens is 355 g/mol. The molecule has 3 N–H and O–H groups in total. The van der Waals surface area contributed by atoms with Gasteiger partial charge in [-0.3, -0.25) is 19.8 Å². The van der Waals surface area contributed by atoms with E-state index in [1.165, 1.54) is 0 Å². The predicted octanol–water partition coefficient (Wildman–Crippen LogP) is 1.21. The number of urea groups is 1. The number of likely N-dealkylation sites (tertiary alicyclic amines) is 1. The first kappa shape index (κ1) is 19.7. The highest BCUT2D eigenvalue weighted by Gasteiger charge is 2.52. The van der Waals surface area contributed by atoms with Gasteiger partial charge in [0.15, 0.2) is 0 Å². The molecule has 1 aromatic rings. The van der Waals surface area contributed by atoms with E-state index in [0.717, 1.165) is 10.5 Å². The molecule has 1 aliphatic heterocycles. The quantitative estimate of drug-likeness (QED) is 0.721. The molecule has 0 aromatic heterocycles. The van der Waals surface area contributed by atoms with Crippen molar-refractivity contribution in [1.29, 1.82) is 0 Å². The summed E-state index contributed by atoms with van der Waals surface area (Å²) in [7, 11) is 0. The number of alkyl halides is 3. The van der Waals surface area contributed by atoms with Gasteiger partial charge in [0.25, 0.3) is 0 Å². The van der Waals surface area contributed by atoms with Gasteiger partial charge in [0.1, 0.15) is 0 Å². The van der Waals surface area contributed by atoms with E-state index in [2.05, 4.69) is 5.32 Å². The van der Waals surface area contributed by atoms with Gasteiger partial charge >= 0.3 is 18.2 Å². The van der Waals surface area contributed by atoms with Crippen molar-refractivity contribution in [2.45, 2.75) is 12.7 Å². The third kappa shape index (κ3) is 5.45. The molecule has 0 saturated carbocycles. The van der Waals surface area contributed by atoms with Crippen LogP contribution in [0.25, 0.3) is 0 Å². The Hall–Kier alpha value is -2.62. The zero-order chi connectivity index (χ0) is 19.3. The average molecular weight is 373 g/mol. The van der Waals surface area contributed by atoms with E-state index >= 15 is 0 Å². The molecule has 1 saturated heterocycles. The van der Waals surface area contributed by atoms with Gasteiger partial charge in [-0.2, -0.15) is 13.2 Å². The molecule has 0 unspecified atom stereocenters. The van der Waals surface area contributed by atoms with Crippen LogP contribution in [0.15, 0.2) is 30.3 Å². The predicted molar refractivity (Wildman–Crippen MR) is 83.9 cm³/mol. The molecule has 2 rings (SSSR count). The fraction of sp³-hybridized carbons (Fsp3) is 0.438. The number of carboxylic acids is 1. The van der Waals surface area contributed by atoms with Gasteiger partial charge in [-0.25, -0.2) is 4.79 Å². The van der Waals surface area contributed by atoms with Gasteiger partial charge in [-0.05, 0) is 5.56 Å². The number of hydrogen-bond donors (Lipinski definition) is 3. The highest BCUT2D eigenvalue weighted by Crippen LogP contribution is 2.37. The van der Waals surface area contributed by atoms with Crippen molar-refractivity contribution < 1.29 is 32.7 Å². The first-order valence-electron chi connectivity index (χ1n) is 7.80. The first-order valence-corrected chi connectivity index (χ1v) is 7.80. The summed E-state index contributed by atoms with van der Waals surface area (Å²) in [6, 6.07) is 8.14. The second-order valence-corrected chi connectivity index (χ2v) is 6.00. The molecule has 7 nitrogen and oxygen atoms in total. The molecule has 0 radical (unpaired) electrons. The Labute approximate surface area is 147 Å². The Balaban J connectivity index is 1.82. The molecule has 1 aliphatic rings. The molecule has 2 atom stereocenters. The summed E-state index contributed by atoms with van der Waals surface area (Å²) >= 11 is 0. The van der Waals surface area contributed by atoms with Gasteiger partial charge < -0.3 is 10.4 Å². The third-order valence-corrected chi connectivity index (χ3v) is 4.05. The van der Waals surface area contributed by atoms with Crippen molar-refractivity contribution in [2.24, 2.45) is 11.8 Å². The van der Waals surface area contributed by atoms with Crippen LogP contribution in [-0.2, 0) is 16.1 Å². The van der Waals surface area contributed by atoms with Gasteiger partial charge in [-0.15, -0.1) is 0 Å². The maximum atomic E-state index is 12.9. The lowest BCUT2D eigenvalue weighted by Gasteiger charge is -2.18. The second-order valence-electron chi connectivity index (χ2n) is 6.00. The van der Waals surface area contributed by atoms with Crippen molar-refractivity contribution in [1.82, 2.24) is 15.5 Å².